The van der Waals surface area contributed by atoms with E-state index in [4.69, 9.17) is 4.42 Å². The number of furan rings is 1. The zero-order valence-electron chi connectivity index (χ0n) is 29.1. The molecular weight excluding hydrogens is 635 g/mol. The van der Waals surface area contributed by atoms with Gasteiger partial charge < -0.3 is 8.82 Å². The van der Waals surface area contributed by atoms with Gasteiger partial charge >= 0.3 is 0 Å². The second-order valence-corrected chi connectivity index (χ2v) is 15.0. The van der Waals surface area contributed by atoms with Crippen molar-refractivity contribution in [1.82, 2.24) is 4.40 Å². The minimum absolute atomic E-state index is 0.362. The van der Waals surface area contributed by atoms with E-state index in [9.17, 15) is 0 Å². The van der Waals surface area contributed by atoms with Crippen LogP contribution >= 0.6 is 0 Å². The molecule has 1 aliphatic carbocycles. The van der Waals surface area contributed by atoms with Crippen molar-refractivity contribution >= 4 is 65.7 Å². The second kappa shape index (κ2) is 10.2. The van der Waals surface area contributed by atoms with Crippen molar-refractivity contribution in [3.63, 3.8) is 0 Å². The topological polar surface area (TPSA) is 25.3 Å². The maximum absolute atomic E-state index is 6.39. The van der Waals surface area contributed by atoms with E-state index in [2.05, 4.69) is 167 Å². The lowest BCUT2D eigenvalue weighted by Crippen LogP contribution is -2.50. The van der Waals surface area contributed by atoms with Crippen LogP contribution in [0.2, 0.25) is 0 Å². The Labute approximate surface area is 300 Å². The highest BCUT2D eigenvalue weighted by Gasteiger charge is 2.44. The minimum atomic E-state index is 0.362. The van der Waals surface area contributed by atoms with E-state index in [0.29, 0.717) is 12.0 Å². The SMILES string of the molecule is Cc1ccc(-c2cc3c4cccc5c6ccc7oc8ccccc8c7c6n(c3cc2C)c45)[n+](C2=CCC3c4ccccc4-c4cccc[n+]4C3C2)c1. The zero-order chi connectivity index (χ0) is 34.2. The van der Waals surface area contributed by atoms with Gasteiger partial charge in [-0.1, -0.05) is 54.6 Å². The number of pyridine rings is 2. The Morgan fingerprint density at radius 1 is 0.654 bits per heavy atom. The van der Waals surface area contributed by atoms with Gasteiger partial charge in [0.05, 0.1) is 39.8 Å². The summed E-state index contributed by atoms with van der Waals surface area (Å²) in [6, 6.07) is 45.1. The van der Waals surface area contributed by atoms with Crippen molar-refractivity contribution in [2.45, 2.75) is 38.6 Å². The van der Waals surface area contributed by atoms with Crippen LogP contribution in [0.1, 0.15) is 41.5 Å². The molecule has 0 fully saturated rings. The Morgan fingerprint density at radius 2 is 1.46 bits per heavy atom. The molecule has 0 radical (unpaired) electrons. The normalized spacial score (nSPS) is 17.0. The Morgan fingerprint density at radius 3 is 2.40 bits per heavy atom. The first kappa shape index (κ1) is 28.4. The number of para-hydroxylation sites is 2. The lowest BCUT2D eigenvalue weighted by Gasteiger charge is -2.32. The number of hydrogen-bond donors (Lipinski definition) is 0. The average molecular weight is 670 g/mol. The fourth-order valence-electron chi connectivity index (χ4n) is 9.96. The number of fused-ring (bicyclic) bond motifs is 16. The van der Waals surface area contributed by atoms with E-state index in [1.807, 2.05) is 0 Å². The van der Waals surface area contributed by atoms with E-state index >= 15 is 0 Å². The van der Waals surface area contributed by atoms with E-state index < -0.39 is 0 Å². The highest BCUT2D eigenvalue weighted by atomic mass is 16.3. The molecule has 2 unspecified atom stereocenters. The van der Waals surface area contributed by atoms with Gasteiger partial charge in [0.15, 0.2) is 24.1 Å². The Bertz CT molecular complexity index is 3180. The van der Waals surface area contributed by atoms with Crippen LogP contribution in [0.3, 0.4) is 0 Å². The van der Waals surface area contributed by atoms with Crippen LogP contribution in [0, 0.1) is 13.8 Å². The van der Waals surface area contributed by atoms with E-state index in [1.165, 1.54) is 88.4 Å². The Kier molecular flexibility index (Phi) is 5.56. The van der Waals surface area contributed by atoms with Gasteiger partial charge in [-0.15, -0.1) is 0 Å². The molecule has 246 valence electrons. The van der Waals surface area contributed by atoms with Crippen LogP contribution < -0.4 is 9.13 Å². The lowest BCUT2D eigenvalue weighted by atomic mass is 9.76. The summed E-state index contributed by atoms with van der Waals surface area (Å²) >= 11 is 0. The van der Waals surface area contributed by atoms with Gasteiger partial charge in [0, 0.05) is 56.3 Å². The van der Waals surface area contributed by atoms with Crippen molar-refractivity contribution in [3.05, 3.63) is 156 Å². The molecule has 10 aromatic rings. The molecule has 0 N–H and O–H groups in total. The molecule has 0 amide bonds. The summed E-state index contributed by atoms with van der Waals surface area (Å²) in [4.78, 5) is 0. The predicted molar refractivity (Wildman–Crippen MR) is 211 cm³/mol. The number of aromatic nitrogens is 3. The monoisotopic (exact) mass is 669 g/mol. The molecule has 0 spiro atoms. The highest BCUT2D eigenvalue weighted by molar-refractivity contribution is 6.30. The van der Waals surface area contributed by atoms with Gasteiger partial charge in [0.2, 0.25) is 11.4 Å². The van der Waals surface area contributed by atoms with Crippen LogP contribution in [0.5, 0.6) is 0 Å². The first-order valence-electron chi connectivity index (χ1n) is 18.5. The third-order valence-corrected chi connectivity index (χ3v) is 12.2. The van der Waals surface area contributed by atoms with Crippen molar-refractivity contribution in [2.24, 2.45) is 0 Å². The third kappa shape index (κ3) is 3.66. The molecule has 0 saturated heterocycles. The fourth-order valence-corrected chi connectivity index (χ4v) is 9.96. The summed E-state index contributed by atoms with van der Waals surface area (Å²) < 4.78 is 13.9. The summed E-state index contributed by atoms with van der Waals surface area (Å²) in [5.41, 5.74) is 16.2. The molecule has 6 heterocycles. The summed E-state index contributed by atoms with van der Waals surface area (Å²) in [5.74, 6) is 0.458. The predicted octanol–water partition coefficient (Wildman–Crippen LogP) is 11.2. The highest BCUT2D eigenvalue weighted by Crippen LogP contribution is 2.47. The van der Waals surface area contributed by atoms with Crippen LogP contribution in [-0.2, 0) is 0 Å². The Hall–Kier alpha value is -6.26. The van der Waals surface area contributed by atoms with Crippen molar-refractivity contribution in [3.8, 4) is 22.5 Å². The summed E-state index contributed by atoms with van der Waals surface area (Å²) in [5, 5.41) is 7.48. The maximum atomic E-state index is 6.39. The molecule has 52 heavy (non-hydrogen) atoms. The number of rotatable bonds is 2. The molecule has 4 nitrogen and oxygen atoms in total. The third-order valence-electron chi connectivity index (χ3n) is 12.2. The molecule has 0 bridgehead atoms. The molecule has 0 saturated carbocycles. The van der Waals surface area contributed by atoms with Crippen LogP contribution in [0.25, 0.3) is 88.2 Å². The molecule has 2 atom stereocenters. The molecular formula is C48H35N3O+2. The molecule has 1 aliphatic heterocycles. The second-order valence-electron chi connectivity index (χ2n) is 15.0. The van der Waals surface area contributed by atoms with Gasteiger partial charge in [-0.2, -0.15) is 9.13 Å². The quantitative estimate of drug-likeness (QED) is 0.168. The minimum Gasteiger partial charge on any atom is -0.456 e. The van der Waals surface area contributed by atoms with Gasteiger partial charge in [0.1, 0.15) is 11.2 Å². The first-order chi connectivity index (χ1) is 25.6. The van der Waals surface area contributed by atoms with Gasteiger partial charge in [0.25, 0.3) is 0 Å². The lowest BCUT2D eigenvalue weighted by molar-refractivity contribution is -0.720. The molecule has 5 aromatic heterocycles. The maximum Gasteiger partial charge on any atom is 0.218 e. The number of aryl methyl sites for hydroxylation is 2. The summed E-state index contributed by atoms with van der Waals surface area (Å²) in [6.45, 7) is 4.49. The smallest absolute Gasteiger partial charge is 0.218 e. The number of hydrogen-bond acceptors (Lipinski definition) is 1. The van der Waals surface area contributed by atoms with Gasteiger partial charge in [-0.3, -0.25) is 0 Å². The fraction of sp³-hybridized carbons (Fsp3) is 0.125. The van der Waals surface area contributed by atoms with Gasteiger partial charge in [-0.25, -0.2) is 0 Å². The largest absolute Gasteiger partial charge is 0.456 e. The van der Waals surface area contributed by atoms with Crippen molar-refractivity contribution < 1.29 is 13.6 Å². The zero-order valence-corrected chi connectivity index (χ0v) is 29.1. The number of allylic oxidation sites excluding steroid dienone is 2. The summed E-state index contributed by atoms with van der Waals surface area (Å²) in [6.07, 6.45) is 9.13. The number of nitrogens with zero attached hydrogens (tertiary/aromatic N) is 3. The van der Waals surface area contributed by atoms with Crippen LogP contribution in [0.4, 0.5) is 0 Å². The number of benzene rings is 5. The van der Waals surface area contributed by atoms with E-state index in [-0.39, 0.29) is 0 Å². The molecule has 5 aromatic carbocycles. The Balaban J connectivity index is 1.07. The van der Waals surface area contributed by atoms with Crippen molar-refractivity contribution in [2.75, 3.05) is 0 Å². The van der Waals surface area contributed by atoms with Gasteiger partial charge in [-0.05, 0) is 86.0 Å². The van der Waals surface area contributed by atoms with Crippen LogP contribution in [-0.4, -0.2) is 4.40 Å². The molecule has 12 rings (SSSR count). The first-order valence-corrected chi connectivity index (χ1v) is 18.5. The molecule has 4 heteroatoms. The van der Waals surface area contributed by atoms with E-state index in [0.717, 1.165) is 29.4 Å². The van der Waals surface area contributed by atoms with E-state index in [1.54, 1.807) is 0 Å². The van der Waals surface area contributed by atoms with Crippen molar-refractivity contribution in [1.29, 1.82) is 0 Å². The standard InChI is InChI=1S/C48H35N3O/c1-28-17-21-41(50(27-28)30-18-19-33-31-10-3-4-11-32(31)40-15-7-8-23-49(40)42(33)25-30)38-26-39-35-14-9-13-34-36-20-22-45-46(37-12-5-6-16-44(37)52-45)48(36)51(47(34)35)43(39)24-29(38)2/h3-18,20-24,26-27,33,42H,19,25H2,1-2H3/q+2. The average Bonchev–Trinajstić information content (AvgIpc) is 3.84. The summed E-state index contributed by atoms with van der Waals surface area (Å²) in [7, 11) is 0. The molecule has 2 aliphatic rings. The van der Waals surface area contributed by atoms with Crippen LogP contribution in [0.15, 0.2) is 144 Å².